The van der Waals surface area contributed by atoms with Crippen LogP contribution in [0.15, 0.2) is 164 Å². The van der Waals surface area contributed by atoms with E-state index < -0.39 is 0 Å². The molecule has 0 unspecified atom stereocenters. The summed E-state index contributed by atoms with van der Waals surface area (Å²) in [6.45, 7) is 8.07. The molecule has 2 aromatic heterocycles. The molecule has 0 N–H and O–H groups in total. The molecule has 3 nitrogen and oxygen atoms in total. The number of aromatic nitrogens is 2. The van der Waals surface area contributed by atoms with Crippen molar-refractivity contribution < 1.29 is 0 Å². The van der Waals surface area contributed by atoms with E-state index in [1.807, 2.05) is 6.07 Å². The van der Waals surface area contributed by atoms with E-state index in [0.29, 0.717) is 5.69 Å². The zero-order valence-corrected chi connectivity index (χ0v) is 24.9. The van der Waals surface area contributed by atoms with Crippen molar-refractivity contribution in [2.45, 2.75) is 0 Å². The third-order valence-electron chi connectivity index (χ3n) is 9.17. The summed E-state index contributed by atoms with van der Waals surface area (Å²) in [4.78, 5) is 3.97. The predicted octanol–water partition coefficient (Wildman–Crippen LogP) is 11.8. The van der Waals surface area contributed by atoms with E-state index in [9.17, 15) is 0 Å². The second-order valence-corrected chi connectivity index (χ2v) is 11.6. The predicted molar refractivity (Wildman–Crippen MR) is 192 cm³/mol. The summed E-state index contributed by atoms with van der Waals surface area (Å²) in [6.07, 6.45) is 0. The van der Waals surface area contributed by atoms with Gasteiger partial charge in [0.2, 0.25) is 0 Å². The Bertz CT molecular complexity index is 2540. The maximum atomic E-state index is 8.07. The van der Waals surface area contributed by atoms with E-state index in [0.717, 1.165) is 44.7 Å². The molecule has 2 heterocycles. The highest BCUT2D eigenvalue weighted by molar-refractivity contribution is 6.10. The molecule has 0 bridgehead atoms. The largest absolute Gasteiger partial charge is 0.309 e. The van der Waals surface area contributed by atoms with Crippen LogP contribution in [0.4, 0.5) is 5.69 Å². The smallest absolute Gasteiger partial charge is 0.195 e. The van der Waals surface area contributed by atoms with Crippen molar-refractivity contribution in [2.24, 2.45) is 0 Å². The van der Waals surface area contributed by atoms with Gasteiger partial charge in [0, 0.05) is 27.2 Å². The fraction of sp³-hybridized carbons (Fsp3) is 0. The fourth-order valence-electron chi connectivity index (χ4n) is 7.11. The van der Waals surface area contributed by atoms with E-state index in [-0.39, 0.29) is 0 Å². The van der Waals surface area contributed by atoms with Crippen LogP contribution >= 0.6 is 0 Å². The van der Waals surface area contributed by atoms with Gasteiger partial charge < -0.3 is 9.13 Å². The topological polar surface area (TPSA) is 14.2 Å². The van der Waals surface area contributed by atoms with Crippen molar-refractivity contribution in [2.75, 3.05) is 0 Å². The fourth-order valence-corrected chi connectivity index (χ4v) is 7.11. The second kappa shape index (κ2) is 10.4. The summed E-state index contributed by atoms with van der Waals surface area (Å²) in [5.41, 5.74) is 11.7. The van der Waals surface area contributed by atoms with Crippen LogP contribution in [0.25, 0.3) is 82.1 Å². The van der Waals surface area contributed by atoms with Crippen LogP contribution in [-0.2, 0) is 0 Å². The van der Waals surface area contributed by atoms with Crippen molar-refractivity contribution >= 4 is 49.3 Å². The molecule has 0 saturated heterocycles. The van der Waals surface area contributed by atoms with Crippen LogP contribution in [0.2, 0.25) is 0 Å². The van der Waals surface area contributed by atoms with E-state index in [2.05, 4.69) is 172 Å². The second-order valence-electron chi connectivity index (χ2n) is 11.6. The van der Waals surface area contributed by atoms with E-state index >= 15 is 0 Å². The maximum Gasteiger partial charge on any atom is 0.195 e. The minimum Gasteiger partial charge on any atom is -0.309 e. The Hall–Kier alpha value is -6.37. The highest BCUT2D eigenvalue weighted by atomic mass is 15.0. The number of nitrogens with zero attached hydrogens (tertiary/aromatic N) is 3. The van der Waals surface area contributed by atoms with Crippen molar-refractivity contribution in [1.29, 1.82) is 0 Å². The zero-order valence-electron chi connectivity index (χ0n) is 24.9. The van der Waals surface area contributed by atoms with Gasteiger partial charge in [-0.05, 0) is 64.7 Å². The lowest BCUT2D eigenvalue weighted by Gasteiger charge is -2.16. The summed E-state index contributed by atoms with van der Waals surface area (Å²) >= 11 is 0. The monoisotopic (exact) mass is 585 g/mol. The molecular formula is C43H27N3. The SMILES string of the molecule is [C-]#[N+]c1ccc(-c2ccc(-n3c4ccccc4c4ccccc43)cc2)cc1-c1ccccc1-n1c2ccccc2c2ccccc21. The normalized spacial score (nSPS) is 11.5. The lowest BCUT2D eigenvalue weighted by atomic mass is 9.96. The molecule has 0 aliphatic rings. The van der Waals surface area contributed by atoms with Gasteiger partial charge in [-0.2, -0.15) is 0 Å². The summed E-state index contributed by atoms with van der Waals surface area (Å²) in [6, 6.07) is 57.7. The Morgan fingerprint density at radius 2 is 0.848 bits per heavy atom. The summed E-state index contributed by atoms with van der Waals surface area (Å²) in [5, 5.41) is 4.94. The van der Waals surface area contributed by atoms with Gasteiger partial charge in [-0.3, -0.25) is 0 Å². The zero-order chi connectivity index (χ0) is 30.6. The number of benzene rings is 7. The van der Waals surface area contributed by atoms with Crippen molar-refractivity contribution in [3.8, 4) is 33.6 Å². The van der Waals surface area contributed by atoms with Crippen molar-refractivity contribution in [3.63, 3.8) is 0 Å². The van der Waals surface area contributed by atoms with E-state index in [1.165, 1.54) is 32.6 Å². The van der Waals surface area contributed by atoms with Gasteiger partial charge in [-0.1, -0.05) is 121 Å². The number of fused-ring (bicyclic) bond motifs is 6. The van der Waals surface area contributed by atoms with Gasteiger partial charge in [-0.25, -0.2) is 4.85 Å². The molecule has 0 saturated carbocycles. The number of hydrogen-bond donors (Lipinski definition) is 0. The molecule has 214 valence electrons. The molecule has 0 atom stereocenters. The van der Waals surface area contributed by atoms with Crippen LogP contribution in [-0.4, -0.2) is 9.13 Å². The molecule has 9 rings (SSSR count). The number of rotatable bonds is 4. The number of hydrogen-bond acceptors (Lipinski definition) is 0. The van der Waals surface area contributed by atoms with Crippen molar-refractivity contribution in [1.82, 2.24) is 9.13 Å². The summed E-state index contributed by atoms with van der Waals surface area (Å²) < 4.78 is 4.67. The first-order valence-corrected chi connectivity index (χ1v) is 15.5. The third kappa shape index (κ3) is 3.91. The lowest BCUT2D eigenvalue weighted by molar-refractivity contribution is 1.18. The average Bonchev–Trinajstić information content (AvgIpc) is 3.65. The highest BCUT2D eigenvalue weighted by Gasteiger charge is 2.18. The molecule has 0 amide bonds. The molecular weight excluding hydrogens is 558 g/mol. The van der Waals surface area contributed by atoms with Crippen molar-refractivity contribution in [3.05, 3.63) is 175 Å². The molecule has 3 heteroatoms. The molecule has 0 fully saturated rings. The van der Waals surface area contributed by atoms with Gasteiger partial charge in [0.15, 0.2) is 5.69 Å². The van der Waals surface area contributed by atoms with E-state index in [4.69, 9.17) is 6.57 Å². The Kier molecular flexibility index (Phi) is 5.88. The first-order chi connectivity index (χ1) is 22.8. The Labute approximate surface area is 266 Å². The average molecular weight is 586 g/mol. The third-order valence-corrected chi connectivity index (χ3v) is 9.17. The van der Waals surface area contributed by atoms with Gasteiger partial charge in [0.1, 0.15) is 0 Å². The molecule has 9 aromatic rings. The molecule has 0 aliphatic heterocycles. The lowest BCUT2D eigenvalue weighted by Crippen LogP contribution is -1.97. The first-order valence-electron chi connectivity index (χ1n) is 15.5. The minimum atomic E-state index is 0.638. The quantitative estimate of drug-likeness (QED) is 0.182. The van der Waals surface area contributed by atoms with Gasteiger partial charge >= 0.3 is 0 Å². The Balaban J connectivity index is 1.19. The molecule has 7 aromatic carbocycles. The molecule has 0 spiro atoms. The van der Waals surface area contributed by atoms with Gasteiger partial charge in [-0.15, -0.1) is 0 Å². The number of para-hydroxylation sites is 5. The van der Waals surface area contributed by atoms with Crippen LogP contribution in [0.1, 0.15) is 0 Å². The van der Waals surface area contributed by atoms with Crippen LogP contribution in [0, 0.1) is 6.57 Å². The Morgan fingerprint density at radius 3 is 1.39 bits per heavy atom. The van der Waals surface area contributed by atoms with Gasteiger partial charge in [0.25, 0.3) is 0 Å². The van der Waals surface area contributed by atoms with Crippen LogP contribution in [0.3, 0.4) is 0 Å². The highest BCUT2D eigenvalue weighted by Crippen LogP contribution is 2.41. The van der Waals surface area contributed by atoms with Crippen LogP contribution in [0.5, 0.6) is 0 Å². The summed E-state index contributed by atoms with van der Waals surface area (Å²) in [5.74, 6) is 0. The maximum absolute atomic E-state index is 8.07. The Morgan fingerprint density at radius 1 is 0.391 bits per heavy atom. The standard InChI is InChI=1S/C43H27N3/c1-44-38-27-24-30(29-22-25-31(26-23-29)45-39-17-7-2-12-32(39)33-13-3-8-18-40(33)45)28-37(38)36-16-6-11-21-43(36)46-41-19-9-4-14-34(41)35-15-5-10-20-42(35)46/h2-28H. The molecule has 0 radical (unpaired) electrons. The van der Waals surface area contributed by atoms with Crippen LogP contribution < -0.4 is 0 Å². The summed E-state index contributed by atoms with van der Waals surface area (Å²) in [7, 11) is 0. The van der Waals surface area contributed by atoms with E-state index in [1.54, 1.807) is 0 Å². The molecule has 0 aliphatic carbocycles. The first kappa shape index (κ1) is 26.1. The minimum absolute atomic E-state index is 0.638. The molecule has 46 heavy (non-hydrogen) atoms. The van der Waals surface area contributed by atoms with Gasteiger partial charge in [0.05, 0.1) is 34.3 Å².